The van der Waals surface area contributed by atoms with Crippen molar-refractivity contribution in [2.45, 2.75) is 19.9 Å². The lowest BCUT2D eigenvalue weighted by Gasteiger charge is -2.13. The van der Waals surface area contributed by atoms with Crippen molar-refractivity contribution in [2.24, 2.45) is 0 Å². The van der Waals surface area contributed by atoms with Crippen LogP contribution in [0.15, 0.2) is 36.4 Å². The lowest BCUT2D eigenvalue weighted by molar-refractivity contribution is 0.618. The van der Waals surface area contributed by atoms with E-state index in [2.05, 4.69) is 4.98 Å². The molecule has 0 aliphatic carbocycles. The first kappa shape index (κ1) is 13.5. The number of anilines is 1. The maximum Gasteiger partial charge on any atom is 0.146 e. The van der Waals surface area contributed by atoms with Gasteiger partial charge >= 0.3 is 0 Å². The molecule has 0 aliphatic heterocycles. The van der Waals surface area contributed by atoms with Crippen molar-refractivity contribution in [1.29, 1.82) is 0 Å². The summed E-state index contributed by atoms with van der Waals surface area (Å²) in [5.74, 6) is -0.225. The van der Waals surface area contributed by atoms with Gasteiger partial charge in [0.1, 0.15) is 17.5 Å². The van der Waals surface area contributed by atoms with Gasteiger partial charge in [-0.15, -0.1) is 0 Å². The van der Waals surface area contributed by atoms with Crippen LogP contribution < -0.4 is 5.73 Å². The molecular formula is C16H15F2N3. The molecule has 5 heteroatoms. The van der Waals surface area contributed by atoms with Gasteiger partial charge in [-0.1, -0.05) is 0 Å². The van der Waals surface area contributed by atoms with Crippen molar-refractivity contribution in [2.75, 3.05) is 5.73 Å². The lowest BCUT2D eigenvalue weighted by atomic mass is 10.1. The summed E-state index contributed by atoms with van der Waals surface area (Å²) in [5, 5.41) is 0. The third-order valence-electron chi connectivity index (χ3n) is 3.43. The summed E-state index contributed by atoms with van der Waals surface area (Å²) in [6.07, 6.45) is 0. The predicted octanol–water partition coefficient (Wildman–Crippen LogP) is 4.14. The number of nitrogen functional groups attached to an aromatic ring is 1. The number of imidazole rings is 1. The zero-order valence-corrected chi connectivity index (χ0v) is 11.8. The van der Waals surface area contributed by atoms with E-state index in [1.807, 2.05) is 18.4 Å². The van der Waals surface area contributed by atoms with Crippen LogP contribution in [0.25, 0.3) is 22.4 Å². The molecule has 2 aromatic carbocycles. The van der Waals surface area contributed by atoms with Gasteiger partial charge < -0.3 is 10.3 Å². The number of halogens is 2. The van der Waals surface area contributed by atoms with E-state index in [-0.39, 0.29) is 17.5 Å². The number of aromatic nitrogens is 2. The SMILES string of the molecule is CC(C)n1c(-c2ccc(N)c(F)c2)nc2cc(F)ccc21. The Morgan fingerprint density at radius 2 is 1.86 bits per heavy atom. The van der Waals surface area contributed by atoms with Crippen LogP contribution in [0, 0.1) is 11.6 Å². The molecule has 0 atom stereocenters. The summed E-state index contributed by atoms with van der Waals surface area (Å²) in [7, 11) is 0. The molecule has 0 spiro atoms. The molecule has 0 aliphatic rings. The van der Waals surface area contributed by atoms with E-state index in [4.69, 9.17) is 5.73 Å². The van der Waals surface area contributed by atoms with Crippen LogP contribution in [0.5, 0.6) is 0 Å². The highest BCUT2D eigenvalue weighted by Gasteiger charge is 2.16. The molecule has 3 nitrogen and oxygen atoms in total. The summed E-state index contributed by atoms with van der Waals surface area (Å²) >= 11 is 0. The molecule has 1 heterocycles. The topological polar surface area (TPSA) is 43.8 Å². The molecule has 0 unspecified atom stereocenters. The van der Waals surface area contributed by atoms with Crippen LogP contribution in [0.1, 0.15) is 19.9 Å². The zero-order valence-electron chi connectivity index (χ0n) is 11.8. The van der Waals surface area contributed by atoms with Crippen LogP contribution in [0.2, 0.25) is 0 Å². The maximum atomic E-state index is 13.7. The number of hydrogen-bond donors (Lipinski definition) is 1. The average Bonchev–Trinajstić information content (AvgIpc) is 2.80. The zero-order chi connectivity index (χ0) is 15.1. The minimum absolute atomic E-state index is 0.0944. The van der Waals surface area contributed by atoms with E-state index >= 15 is 0 Å². The molecule has 0 amide bonds. The Hall–Kier alpha value is -2.43. The van der Waals surface area contributed by atoms with E-state index in [0.717, 1.165) is 5.52 Å². The quantitative estimate of drug-likeness (QED) is 0.720. The fourth-order valence-corrected chi connectivity index (χ4v) is 2.46. The number of nitrogens with zero attached hydrogens (tertiary/aromatic N) is 2. The Kier molecular flexibility index (Phi) is 3.12. The second kappa shape index (κ2) is 4.84. The summed E-state index contributed by atoms with van der Waals surface area (Å²) in [6.45, 7) is 4.00. The van der Waals surface area contributed by atoms with Gasteiger partial charge in [0.05, 0.1) is 16.7 Å². The molecule has 0 saturated heterocycles. The highest BCUT2D eigenvalue weighted by molar-refractivity contribution is 5.81. The Bertz CT molecular complexity index is 822. The molecule has 2 N–H and O–H groups in total. The number of nitrogens with two attached hydrogens (primary N) is 1. The maximum absolute atomic E-state index is 13.7. The third-order valence-corrected chi connectivity index (χ3v) is 3.43. The molecule has 1 aromatic heterocycles. The van der Waals surface area contributed by atoms with E-state index in [0.29, 0.717) is 16.9 Å². The molecule has 3 rings (SSSR count). The molecule has 0 radical (unpaired) electrons. The minimum atomic E-state index is -0.485. The molecule has 0 fully saturated rings. The Labute approximate surface area is 121 Å². The minimum Gasteiger partial charge on any atom is -0.396 e. The highest BCUT2D eigenvalue weighted by atomic mass is 19.1. The molecule has 0 saturated carbocycles. The first-order valence-corrected chi connectivity index (χ1v) is 6.70. The van der Waals surface area contributed by atoms with Crippen molar-refractivity contribution < 1.29 is 8.78 Å². The van der Waals surface area contributed by atoms with Crippen LogP contribution in [0.3, 0.4) is 0 Å². The lowest BCUT2D eigenvalue weighted by Crippen LogP contribution is -2.03. The van der Waals surface area contributed by atoms with Crippen LogP contribution in [-0.2, 0) is 0 Å². The summed E-state index contributed by atoms with van der Waals surface area (Å²) < 4.78 is 29.0. The highest BCUT2D eigenvalue weighted by Crippen LogP contribution is 2.30. The Morgan fingerprint density at radius 3 is 2.52 bits per heavy atom. The molecular weight excluding hydrogens is 272 g/mol. The fraction of sp³-hybridized carbons (Fsp3) is 0.188. The largest absolute Gasteiger partial charge is 0.396 e. The molecule has 21 heavy (non-hydrogen) atoms. The molecule has 3 aromatic rings. The Morgan fingerprint density at radius 1 is 1.10 bits per heavy atom. The Balaban J connectivity index is 2.30. The summed E-state index contributed by atoms with van der Waals surface area (Å²) in [5.41, 5.74) is 7.59. The number of rotatable bonds is 2. The van der Waals surface area contributed by atoms with E-state index in [1.54, 1.807) is 12.1 Å². The summed E-state index contributed by atoms with van der Waals surface area (Å²) in [6, 6.07) is 9.16. The predicted molar refractivity (Wildman–Crippen MR) is 79.9 cm³/mol. The van der Waals surface area contributed by atoms with Crippen molar-refractivity contribution >= 4 is 16.7 Å². The summed E-state index contributed by atoms with van der Waals surface area (Å²) in [4.78, 5) is 4.45. The second-order valence-corrected chi connectivity index (χ2v) is 5.27. The monoisotopic (exact) mass is 287 g/mol. The van der Waals surface area contributed by atoms with Crippen molar-refractivity contribution in [3.8, 4) is 11.4 Å². The van der Waals surface area contributed by atoms with E-state index < -0.39 is 5.82 Å². The standard InChI is InChI=1S/C16H15F2N3/c1-9(2)21-15-6-4-11(17)8-14(15)20-16(21)10-3-5-13(19)12(18)7-10/h3-9H,19H2,1-2H3. The smallest absolute Gasteiger partial charge is 0.146 e. The van der Waals surface area contributed by atoms with Crippen molar-refractivity contribution in [1.82, 2.24) is 9.55 Å². The van der Waals surface area contributed by atoms with Gasteiger partial charge in [0.15, 0.2) is 0 Å². The first-order chi connectivity index (χ1) is 9.97. The number of hydrogen-bond acceptors (Lipinski definition) is 2. The van der Waals surface area contributed by atoms with Crippen LogP contribution in [-0.4, -0.2) is 9.55 Å². The van der Waals surface area contributed by atoms with E-state index in [9.17, 15) is 8.78 Å². The van der Waals surface area contributed by atoms with E-state index in [1.165, 1.54) is 24.3 Å². The van der Waals surface area contributed by atoms with Gasteiger partial charge in [-0.3, -0.25) is 0 Å². The van der Waals surface area contributed by atoms with Crippen LogP contribution in [0.4, 0.5) is 14.5 Å². The van der Waals surface area contributed by atoms with Gasteiger partial charge in [0, 0.05) is 17.7 Å². The number of benzene rings is 2. The van der Waals surface area contributed by atoms with Gasteiger partial charge in [-0.05, 0) is 44.2 Å². The normalized spacial score (nSPS) is 11.5. The number of fused-ring (bicyclic) bond motifs is 1. The fourth-order valence-electron chi connectivity index (χ4n) is 2.46. The average molecular weight is 287 g/mol. The van der Waals surface area contributed by atoms with Gasteiger partial charge in [0.25, 0.3) is 0 Å². The first-order valence-electron chi connectivity index (χ1n) is 6.70. The van der Waals surface area contributed by atoms with Crippen LogP contribution >= 0.6 is 0 Å². The van der Waals surface area contributed by atoms with Gasteiger partial charge in [0.2, 0.25) is 0 Å². The van der Waals surface area contributed by atoms with Gasteiger partial charge in [-0.2, -0.15) is 0 Å². The van der Waals surface area contributed by atoms with Gasteiger partial charge in [-0.25, -0.2) is 13.8 Å². The van der Waals surface area contributed by atoms with Crippen molar-refractivity contribution in [3.63, 3.8) is 0 Å². The molecule has 108 valence electrons. The molecule has 0 bridgehead atoms. The third kappa shape index (κ3) is 2.24. The second-order valence-electron chi connectivity index (χ2n) is 5.27. The van der Waals surface area contributed by atoms with Crippen molar-refractivity contribution in [3.05, 3.63) is 48.0 Å².